The lowest BCUT2D eigenvalue weighted by Crippen LogP contribution is -1.98. The van der Waals surface area contributed by atoms with Gasteiger partial charge in [0.25, 0.3) is 0 Å². The molecule has 0 N–H and O–H groups in total. The first-order valence-corrected chi connectivity index (χ1v) is 13.5. The zero-order valence-corrected chi connectivity index (χ0v) is 20.9. The van der Waals surface area contributed by atoms with Gasteiger partial charge in [-0.2, -0.15) is 0 Å². The van der Waals surface area contributed by atoms with Crippen molar-refractivity contribution >= 4 is 0 Å². The average Bonchev–Trinajstić information content (AvgIpc) is 2.83. The van der Waals surface area contributed by atoms with E-state index >= 15 is 0 Å². The Morgan fingerprint density at radius 3 is 1.78 bits per heavy atom. The van der Waals surface area contributed by atoms with Crippen LogP contribution in [0.4, 0.5) is 0 Å². The maximum absolute atomic E-state index is 5.90. The summed E-state index contributed by atoms with van der Waals surface area (Å²) in [5.74, 6) is 0.996. The molecule has 0 atom stereocenters. The van der Waals surface area contributed by atoms with E-state index in [1.165, 1.54) is 100 Å². The highest BCUT2D eigenvalue weighted by molar-refractivity contribution is 5.28. The van der Waals surface area contributed by atoms with Crippen LogP contribution in [-0.4, -0.2) is 11.6 Å². The number of hydrogen-bond donors (Lipinski definition) is 0. The lowest BCUT2D eigenvalue weighted by atomic mass is 10.0. The van der Waals surface area contributed by atoms with Crippen molar-refractivity contribution in [1.82, 2.24) is 4.98 Å². The SMILES string of the molecule is CCCCCCCCCc1ccc(CCc2ccc(OCCCCCCCC)cc2)nc1. The third kappa shape index (κ3) is 12.3. The largest absolute Gasteiger partial charge is 0.494 e. The minimum atomic E-state index is 0.834. The highest BCUT2D eigenvalue weighted by Crippen LogP contribution is 2.16. The Morgan fingerprint density at radius 1 is 0.562 bits per heavy atom. The topological polar surface area (TPSA) is 22.1 Å². The Morgan fingerprint density at radius 2 is 1.16 bits per heavy atom. The van der Waals surface area contributed by atoms with E-state index in [9.17, 15) is 0 Å². The first kappa shape index (κ1) is 26.4. The first-order valence-electron chi connectivity index (χ1n) is 13.5. The molecule has 2 heteroatoms. The lowest BCUT2D eigenvalue weighted by molar-refractivity contribution is 0.304. The second-order valence-corrected chi connectivity index (χ2v) is 9.29. The number of pyridine rings is 1. The highest BCUT2D eigenvalue weighted by atomic mass is 16.5. The molecular formula is C30H47NO. The van der Waals surface area contributed by atoms with Crippen molar-refractivity contribution in [2.45, 2.75) is 117 Å². The van der Waals surface area contributed by atoms with Gasteiger partial charge in [-0.05, 0) is 61.4 Å². The molecule has 2 rings (SSSR count). The molecule has 2 nitrogen and oxygen atoms in total. The van der Waals surface area contributed by atoms with Gasteiger partial charge < -0.3 is 4.74 Å². The van der Waals surface area contributed by atoms with E-state index in [1.54, 1.807) is 0 Å². The maximum Gasteiger partial charge on any atom is 0.119 e. The molecule has 1 aromatic heterocycles. The van der Waals surface area contributed by atoms with Gasteiger partial charge in [0.05, 0.1) is 6.61 Å². The van der Waals surface area contributed by atoms with Crippen LogP contribution in [0.25, 0.3) is 0 Å². The molecule has 0 amide bonds. The Hall–Kier alpha value is -1.83. The predicted octanol–water partition coefficient (Wildman–Crippen LogP) is 8.90. The number of ether oxygens (including phenoxy) is 1. The molecule has 0 spiro atoms. The van der Waals surface area contributed by atoms with E-state index in [-0.39, 0.29) is 0 Å². The minimum Gasteiger partial charge on any atom is -0.494 e. The van der Waals surface area contributed by atoms with Crippen LogP contribution in [-0.2, 0) is 19.3 Å². The van der Waals surface area contributed by atoms with E-state index in [1.807, 2.05) is 0 Å². The van der Waals surface area contributed by atoms with Gasteiger partial charge in [-0.1, -0.05) is 103 Å². The molecule has 32 heavy (non-hydrogen) atoms. The quantitative estimate of drug-likeness (QED) is 0.205. The standard InChI is InChI=1S/C30H47NO/c1-3-5-7-9-11-12-14-16-28-18-22-29(31-26-28)21-17-27-19-23-30(24-20-27)32-25-15-13-10-8-6-4-2/h18-20,22-24,26H,3-17,21,25H2,1-2H3. The van der Waals surface area contributed by atoms with Crippen molar-refractivity contribution in [2.75, 3.05) is 6.61 Å². The van der Waals surface area contributed by atoms with E-state index < -0.39 is 0 Å². The van der Waals surface area contributed by atoms with Crippen molar-refractivity contribution in [1.29, 1.82) is 0 Å². The van der Waals surface area contributed by atoms with E-state index in [2.05, 4.69) is 56.4 Å². The third-order valence-electron chi connectivity index (χ3n) is 6.31. The lowest BCUT2D eigenvalue weighted by Gasteiger charge is -2.08. The van der Waals surface area contributed by atoms with Crippen molar-refractivity contribution in [3.63, 3.8) is 0 Å². The second-order valence-electron chi connectivity index (χ2n) is 9.29. The summed E-state index contributed by atoms with van der Waals surface area (Å²) >= 11 is 0. The molecule has 178 valence electrons. The second kappa shape index (κ2) is 17.7. The summed E-state index contributed by atoms with van der Waals surface area (Å²) in [5.41, 5.74) is 3.93. The van der Waals surface area contributed by atoms with Gasteiger partial charge in [-0.25, -0.2) is 0 Å². The van der Waals surface area contributed by atoms with Crippen LogP contribution in [0.5, 0.6) is 5.75 Å². The zero-order chi connectivity index (χ0) is 22.7. The fourth-order valence-electron chi connectivity index (χ4n) is 4.13. The van der Waals surface area contributed by atoms with E-state index in [4.69, 9.17) is 9.72 Å². The summed E-state index contributed by atoms with van der Waals surface area (Å²) < 4.78 is 5.90. The van der Waals surface area contributed by atoms with Gasteiger partial charge in [0.15, 0.2) is 0 Å². The summed E-state index contributed by atoms with van der Waals surface area (Å²) in [6.07, 6.45) is 22.6. The van der Waals surface area contributed by atoms with E-state index in [0.29, 0.717) is 0 Å². The molecule has 0 fully saturated rings. The van der Waals surface area contributed by atoms with Crippen LogP contribution in [0.1, 0.15) is 114 Å². The smallest absolute Gasteiger partial charge is 0.119 e. The molecule has 0 aliphatic heterocycles. The molecule has 0 aliphatic rings. The van der Waals surface area contributed by atoms with Crippen molar-refractivity contribution in [2.24, 2.45) is 0 Å². The molecule has 1 heterocycles. The molecular weight excluding hydrogens is 390 g/mol. The monoisotopic (exact) mass is 437 g/mol. The van der Waals surface area contributed by atoms with Crippen molar-refractivity contribution in [3.05, 3.63) is 59.4 Å². The van der Waals surface area contributed by atoms with Crippen molar-refractivity contribution < 1.29 is 4.74 Å². The number of aromatic nitrogens is 1. The summed E-state index contributed by atoms with van der Waals surface area (Å²) in [4.78, 5) is 4.70. The summed E-state index contributed by atoms with van der Waals surface area (Å²) in [7, 11) is 0. The number of unbranched alkanes of at least 4 members (excludes halogenated alkanes) is 11. The molecule has 0 saturated heterocycles. The summed E-state index contributed by atoms with van der Waals surface area (Å²) in [5, 5.41) is 0. The normalized spacial score (nSPS) is 11.1. The summed E-state index contributed by atoms with van der Waals surface area (Å²) in [6.45, 7) is 5.37. The zero-order valence-electron chi connectivity index (χ0n) is 20.9. The van der Waals surface area contributed by atoms with Gasteiger partial charge in [-0.15, -0.1) is 0 Å². The first-order chi connectivity index (χ1) is 15.8. The Balaban J connectivity index is 1.58. The number of nitrogens with zero attached hydrogens (tertiary/aromatic N) is 1. The number of aryl methyl sites for hydroxylation is 3. The Labute approximate surface area is 198 Å². The fourth-order valence-corrected chi connectivity index (χ4v) is 4.13. The van der Waals surface area contributed by atoms with Gasteiger partial charge in [0, 0.05) is 11.9 Å². The molecule has 0 aliphatic carbocycles. The Bertz CT molecular complexity index is 615. The number of rotatable bonds is 19. The van der Waals surface area contributed by atoms with Crippen LogP contribution < -0.4 is 4.74 Å². The van der Waals surface area contributed by atoms with Gasteiger partial charge >= 0.3 is 0 Å². The van der Waals surface area contributed by atoms with Crippen molar-refractivity contribution in [3.8, 4) is 5.75 Å². The average molecular weight is 438 g/mol. The molecule has 0 bridgehead atoms. The van der Waals surface area contributed by atoms with Gasteiger partial charge in [-0.3, -0.25) is 4.98 Å². The maximum atomic E-state index is 5.90. The van der Waals surface area contributed by atoms with Crippen LogP contribution >= 0.6 is 0 Å². The molecule has 0 saturated carbocycles. The molecule has 1 aromatic carbocycles. The predicted molar refractivity (Wildman–Crippen MR) is 139 cm³/mol. The van der Waals surface area contributed by atoms with Crippen LogP contribution in [0.2, 0.25) is 0 Å². The summed E-state index contributed by atoms with van der Waals surface area (Å²) in [6, 6.07) is 13.1. The third-order valence-corrected chi connectivity index (χ3v) is 6.31. The molecule has 0 unspecified atom stereocenters. The van der Waals surface area contributed by atoms with E-state index in [0.717, 1.165) is 31.6 Å². The number of benzene rings is 1. The number of hydrogen-bond acceptors (Lipinski definition) is 2. The highest BCUT2D eigenvalue weighted by Gasteiger charge is 2.01. The molecule has 0 radical (unpaired) electrons. The molecule has 2 aromatic rings. The van der Waals surface area contributed by atoms with Crippen LogP contribution in [0.15, 0.2) is 42.6 Å². The minimum absolute atomic E-state index is 0.834. The van der Waals surface area contributed by atoms with Gasteiger partial charge in [0.1, 0.15) is 5.75 Å². The van der Waals surface area contributed by atoms with Crippen LogP contribution in [0, 0.1) is 0 Å². The fraction of sp³-hybridized carbons (Fsp3) is 0.633. The van der Waals surface area contributed by atoms with Crippen LogP contribution in [0.3, 0.4) is 0 Å². The Kier molecular flexibility index (Phi) is 14.6. The van der Waals surface area contributed by atoms with Gasteiger partial charge in [0.2, 0.25) is 0 Å².